The first kappa shape index (κ1) is 28.1. The number of carbonyl (C=O) groups is 3. The SMILES string of the molecule is CCOc1ccc(NC(=O)[C@@H]2[C@H]3C(=O)N([C@@H](CO)C(C)C)C(C(=O)Nc4cc(C)ccc4C)C34CC[C@H]2O4)cc1. The third-order valence-electron chi connectivity index (χ3n) is 8.69. The number of aliphatic hydroxyl groups excluding tert-OH is 1. The molecule has 0 radical (unpaired) electrons. The van der Waals surface area contributed by atoms with Gasteiger partial charge < -0.3 is 30.1 Å². The van der Waals surface area contributed by atoms with Crippen molar-refractivity contribution >= 4 is 29.1 Å². The zero-order valence-electron chi connectivity index (χ0n) is 23.8. The van der Waals surface area contributed by atoms with E-state index in [9.17, 15) is 19.5 Å². The van der Waals surface area contributed by atoms with E-state index in [0.29, 0.717) is 36.6 Å². The number of likely N-dealkylation sites (tertiary alicyclic amines) is 1. The van der Waals surface area contributed by atoms with Gasteiger partial charge in [-0.05, 0) is 81.0 Å². The van der Waals surface area contributed by atoms with E-state index in [1.807, 2.05) is 52.8 Å². The summed E-state index contributed by atoms with van der Waals surface area (Å²) < 4.78 is 12.0. The van der Waals surface area contributed by atoms with E-state index in [4.69, 9.17) is 9.47 Å². The number of ether oxygens (including phenoxy) is 2. The van der Waals surface area contributed by atoms with Gasteiger partial charge in [0, 0.05) is 11.4 Å². The summed E-state index contributed by atoms with van der Waals surface area (Å²) in [4.78, 5) is 43.5. The van der Waals surface area contributed by atoms with Crippen molar-refractivity contribution in [2.45, 2.75) is 71.2 Å². The highest BCUT2D eigenvalue weighted by molar-refractivity contribution is 6.05. The summed E-state index contributed by atoms with van der Waals surface area (Å²) in [6.07, 6.45) is 0.581. The van der Waals surface area contributed by atoms with Gasteiger partial charge in [-0.3, -0.25) is 14.4 Å². The van der Waals surface area contributed by atoms with Crippen LogP contribution in [0.5, 0.6) is 5.75 Å². The lowest BCUT2D eigenvalue weighted by atomic mass is 9.70. The fourth-order valence-electron chi connectivity index (χ4n) is 6.77. The summed E-state index contributed by atoms with van der Waals surface area (Å²) in [5.41, 5.74) is 2.01. The van der Waals surface area contributed by atoms with Gasteiger partial charge in [0.2, 0.25) is 17.7 Å². The molecule has 3 N–H and O–H groups in total. The minimum Gasteiger partial charge on any atom is -0.494 e. The lowest BCUT2D eigenvalue weighted by Crippen LogP contribution is -2.57. The van der Waals surface area contributed by atoms with Crippen molar-refractivity contribution in [2.75, 3.05) is 23.8 Å². The zero-order valence-corrected chi connectivity index (χ0v) is 23.8. The van der Waals surface area contributed by atoms with Crippen LogP contribution in [0.1, 0.15) is 44.7 Å². The van der Waals surface area contributed by atoms with Crippen LogP contribution in [-0.4, -0.2) is 64.7 Å². The van der Waals surface area contributed by atoms with Crippen LogP contribution in [-0.2, 0) is 19.1 Å². The first-order valence-electron chi connectivity index (χ1n) is 14.1. The largest absolute Gasteiger partial charge is 0.494 e. The summed E-state index contributed by atoms with van der Waals surface area (Å²) in [5.74, 6) is -1.98. The third kappa shape index (κ3) is 4.65. The van der Waals surface area contributed by atoms with Gasteiger partial charge in [0.1, 0.15) is 17.4 Å². The lowest BCUT2D eigenvalue weighted by molar-refractivity contribution is -0.144. The standard InChI is InChI=1S/C31H39N3O6/c1-6-39-21-11-9-20(10-12-21)32-28(36)25-24-13-14-31(40-24)26(25)30(38)34(23(16-35)17(2)3)27(31)29(37)33-22-15-18(4)7-8-19(22)5/h7-12,15,17,23-27,35H,6,13-14,16H2,1-5H3,(H,32,36)(H,33,37)/t23-,24+,25-,26-,27?,31?/m0/s1. The van der Waals surface area contributed by atoms with Gasteiger partial charge in [-0.1, -0.05) is 26.0 Å². The second-order valence-corrected chi connectivity index (χ2v) is 11.5. The normalized spacial score (nSPS) is 27.6. The Morgan fingerprint density at radius 3 is 2.50 bits per heavy atom. The number of nitrogens with zero attached hydrogens (tertiary/aromatic N) is 1. The van der Waals surface area contributed by atoms with Gasteiger partial charge in [0.05, 0.1) is 37.2 Å². The van der Waals surface area contributed by atoms with E-state index in [0.717, 1.165) is 11.1 Å². The molecule has 2 unspecified atom stereocenters. The first-order valence-corrected chi connectivity index (χ1v) is 14.1. The number of hydrogen-bond acceptors (Lipinski definition) is 6. The number of nitrogens with one attached hydrogen (secondary N) is 2. The minimum absolute atomic E-state index is 0.117. The van der Waals surface area contributed by atoms with E-state index in [1.165, 1.54) is 4.90 Å². The molecule has 9 heteroatoms. The van der Waals surface area contributed by atoms with Crippen molar-refractivity contribution in [3.63, 3.8) is 0 Å². The van der Waals surface area contributed by atoms with Crippen LogP contribution in [0.4, 0.5) is 11.4 Å². The van der Waals surface area contributed by atoms with Gasteiger partial charge in [-0.15, -0.1) is 0 Å². The van der Waals surface area contributed by atoms with Gasteiger partial charge in [0.25, 0.3) is 0 Å². The number of aryl methyl sites for hydroxylation is 2. The maximum Gasteiger partial charge on any atom is 0.250 e. The molecule has 3 heterocycles. The smallest absolute Gasteiger partial charge is 0.250 e. The first-order chi connectivity index (χ1) is 19.1. The van der Waals surface area contributed by atoms with Crippen LogP contribution in [0.15, 0.2) is 42.5 Å². The zero-order chi connectivity index (χ0) is 28.8. The minimum atomic E-state index is -1.15. The van der Waals surface area contributed by atoms with E-state index >= 15 is 0 Å². The van der Waals surface area contributed by atoms with Crippen LogP contribution in [0, 0.1) is 31.6 Å². The highest BCUT2D eigenvalue weighted by atomic mass is 16.5. The molecule has 5 rings (SSSR count). The number of hydrogen-bond donors (Lipinski definition) is 3. The van der Waals surface area contributed by atoms with Crippen LogP contribution >= 0.6 is 0 Å². The van der Waals surface area contributed by atoms with Gasteiger partial charge >= 0.3 is 0 Å². The highest BCUT2D eigenvalue weighted by Gasteiger charge is 2.75. The summed E-state index contributed by atoms with van der Waals surface area (Å²) in [5, 5.41) is 16.3. The maximum absolute atomic E-state index is 14.2. The number of benzene rings is 2. The van der Waals surface area contributed by atoms with Crippen molar-refractivity contribution < 1.29 is 29.0 Å². The molecule has 0 aromatic heterocycles. The van der Waals surface area contributed by atoms with Crippen molar-refractivity contribution in [1.29, 1.82) is 0 Å². The van der Waals surface area contributed by atoms with Crippen molar-refractivity contribution in [3.05, 3.63) is 53.6 Å². The molecule has 3 saturated heterocycles. The second kappa shape index (κ2) is 10.9. The Balaban J connectivity index is 1.48. The lowest BCUT2D eigenvalue weighted by Gasteiger charge is -2.38. The molecule has 9 nitrogen and oxygen atoms in total. The predicted octanol–water partition coefficient (Wildman–Crippen LogP) is 3.67. The molecule has 2 aromatic carbocycles. The Morgan fingerprint density at radius 2 is 1.85 bits per heavy atom. The fraction of sp³-hybridized carbons (Fsp3) is 0.516. The molecular formula is C31H39N3O6. The van der Waals surface area contributed by atoms with Crippen molar-refractivity contribution in [3.8, 4) is 5.75 Å². The highest BCUT2D eigenvalue weighted by Crippen LogP contribution is 2.59. The third-order valence-corrected chi connectivity index (χ3v) is 8.69. The number of fused-ring (bicyclic) bond motifs is 1. The number of anilines is 2. The van der Waals surface area contributed by atoms with Gasteiger partial charge in [-0.2, -0.15) is 0 Å². The topological polar surface area (TPSA) is 117 Å². The van der Waals surface area contributed by atoms with Crippen LogP contribution in [0.2, 0.25) is 0 Å². The van der Waals surface area contributed by atoms with E-state index in [2.05, 4.69) is 10.6 Å². The molecule has 0 aliphatic carbocycles. The van der Waals surface area contributed by atoms with Crippen LogP contribution < -0.4 is 15.4 Å². The molecule has 214 valence electrons. The summed E-state index contributed by atoms with van der Waals surface area (Å²) in [6, 6.07) is 11.3. The molecule has 0 saturated carbocycles. The number of rotatable bonds is 9. The molecule has 3 aliphatic rings. The summed E-state index contributed by atoms with van der Waals surface area (Å²) >= 11 is 0. The Kier molecular flexibility index (Phi) is 7.63. The van der Waals surface area contributed by atoms with Crippen molar-refractivity contribution in [1.82, 2.24) is 4.90 Å². The van der Waals surface area contributed by atoms with E-state index in [1.54, 1.807) is 24.3 Å². The fourth-order valence-corrected chi connectivity index (χ4v) is 6.77. The number of carbonyl (C=O) groups excluding carboxylic acids is 3. The Hall–Kier alpha value is -3.43. The molecule has 3 fully saturated rings. The van der Waals surface area contributed by atoms with E-state index < -0.39 is 35.6 Å². The number of aliphatic hydroxyl groups is 1. The average molecular weight is 550 g/mol. The molecule has 6 atom stereocenters. The molecule has 1 spiro atoms. The molecule has 2 bridgehead atoms. The Bertz CT molecular complexity index is 1290. The predicted molar refractivity (Wildman–Crippen MR) is 151 cm³/mol. The van der Waals surface area contributed by atoms with Crippen LogP contribution in [0.25, 0.3) is 0 Å². The second-order valence-electron chi connectivity index (χ2n) is 11.5. The molecule has 3 aliphatic heterocycles. The summed E-state index contributed by atoms with van der Waals surface area (Å²) in [6.45, 7) is 9.83. The van der Waals surface area contributed by atoms with Gasteiger partial charge in [0.15, 0.2) is 0 Å². The van der Waals surface area contributed by atoms with E-state index in [-0.39, 0.29) is 30.2 Å². The average Bonchev–Trinajstić information content (AvgIpc) is 3.55. The van der Waals surface area contributed by atoms with Crippen molar-refractivity contribution in [2.24, 2.45) is 17.8 Å². The molecule has 3 amide bonds. The molecule has 2 aromatic rings. The monoisotopic (exact) mass is 549 g/mol. The molecular weight excluding hydrogens is 510 g/mol. The van der Waals surface area contributed by atoms with Gasteiger partial charge in [-0.25, -0.2) is 0 Å². The Labute approximate surface area is 235 Å². The number of amides is 3. The summed E-state index contributed by atoms with van der Waals surface area (Å²) in [7, 11) is 0. The van der Waals surface area contributed by atoms with Crippen LogP contribution in [0.3, 0.4) is 0 Å². The quantitative estimate of drug-likeness (QED) is 0.440. The Morgan fingerprint density at radius 1 is 1.12 bits per heavy atom. The molecule has 40 heavy (non-hydrogen) atoms. The maximum atomic E-state index is 14.2.